The highest BCUT2D eigenvalue weighted by molar-refractivity contribution is 9.10. The van der Waals surface area contributed by atoms with Gasteiger partial charge in [-0.3, -0.25) is 0 Å². The van der Waals surface area contributed by atoms with Gasteiger partial charge in [-0.2, -0.15) is 0 Å². The van der Waals surface area contributed by atoms with E-state index in [0.717, 1.165) is 43.0 Å². The first-order valence-corrected chi connectivity index (χ1v) is 7.66. The Labute approximate surface area is 125 Å². The van der Waals surface area contributed by atoms with Gasteiger partial charge in [0.1, 0.15) is 12.4 Å². The highest BCUT2D eigenvalue weighted by Crippen LogP contribution is 2.17. The van der Waals surface area contributed by atoms with E-state index in [-0.39, 0.29) is 0 Å². The van der Waals surface area contributed by atoms with E-state index in [1.54, 1.807) is 0 Å². The molecular formula is C15H25BrN2O. The minimum absolute atomic E-state index is 0.742. The average molecular weight is 329 g/mol. The molecule has 0 heterocycles. The maximum Gasteiger partial charge on any atom is 0.120 e. The molecule has 0 aromatic heterocycles. The van der Waals surface area contributed by atoms with Crippen LogP contribution in [0.2, 0.25) is 0 Å². The van der Waals surface area contributed by atoms with Gasteiger partial charge >= 0.3 is 0 Å². The van der Waals surface area contributed by atoms with Gasteiger partial charge in [0.2, 0.25) is 0 Å². The van der Waals surface area contributed by atoms with Crippen molar-refractivity contribution in [1.82, 2.24) is 9.80 Å². The summed E-state index contributed by atoms with van der Waals surface area (Å²) in [6.45, 7) is 7.28. The van der Waals surface area contributed by atoms with Crippen molar-refractivity contribution in [2.24, 2.45) is 0 Å². The Bertz CT molecular complexity index is 358. The SMILES string of the molecule is CCN(CCCN(C)C)CCOc1cccc(Br)c1. The van der Waals surface area contributed by atoms with Crippen LogP contribution in [0, 0.1) is 0 Å². The molecule has 1 aromatic carbocycles. The standard InChI is InChI=1S/C15H25BrN2O/c1-4-18(10-6-9-17(2)3)11-12-19-15-8-5-7-14(16)13-15/h5,7-8,13H,4,6,9-12H2,1-3H3. The molecule has 0 fully saturated rings. The molecule has 0 aliphatic carbocycles. The zero-order chi connectivity index (χ0) is 14.1. The van der Waals surface area contributed by atoms with Gasteiger partial charge in [-0.15, -0.1) is 0 Å². The van der Waals surface area contributed by atoms with Crippen LogP contribution in [-0.4, -0.2) is 56.7 Å². The third kappa shape index (κ3) is 7.55. The van der Waals surface area contributed by atoms with Gasteiger partial charge in [0.05, 0.1) is 0 Å². The summed E-state index contributed by atoms with van der Waals surface area (Å²) >= 11 is 3.45. The molecule has 0 atom stereocenters. The Hall–Kier alpha value is -0.580. The maximum atomic E-state index is 5.76. The van der Waals surface area contributed by atoms with Gasteiger partial charge in [0.15, 0.2) is 0 Å². The molecule has 0 saturated carbocycles. The first-order chi connectivity index (χ1) is 9.11. The van der Waals surface area contributed by atoms with Gasteiger partial charge in [-0.1, -0.05) is 28.9 Å². The predicted molar refractivity (Wildman–Crippen MR) is 84.9 cm³/mol. The zero-order valence-electron chi connectivity index (χ0n) is 12.2. The lowest BCUT2D eigenvalue weighted by molar-refractivity contribution is 0.208. The van der Waals surface area contributed by atoms with Crippen LogP contribution in [0.15, 0.2) is 28.7 Å². The molecule has 4 heteroatoms. The lowest BCUT2D eigenvalue weighted by Crippen LogP contribution is -2.31. The van der Waals surface area contributed by atoms with Crippen molar-refractivity contribution in [2.75, 3.05) is 46.9 Å². The van der Waals surface area contributed by atoms with Gasteiger partial charge in [0.25, 0.3) is 0 Å². The number of halogens is 1. The van der Waals surface area contributed by atoms with Crippen molar-refractivity contribution in [3.8, 4) is 5.75 Å². The predicted octanol–water partition coefficient (Wildman–Crippen LogP) is 3.10. The molecule has 3 nitrogen and oxygen atoms in total. The van der Waals surface area contributed by atoms with E-state index in [1.165, 1.54) is 6.42 Å². The summed E-state index contributed by atoms with van der Waals surface area (Å²) in [7, 11) is 4.24. The highest BCUT2D eigenvalue weighted by atomic mass is 79.9. The summed E-state index contributed by atoms with van der Waals surface area (Å²) in [5.41, 5.74) is 0. The van der Waals surface area contributed by atoms with E-state index in [0.29, 0.717) is 0 Å². The fourth-order valence-corrected chi connectivity index (χ4v) is 2.27. The lowest BCUT2D eigenvalue weighted by atomic mass is 10.3. The van der Waals surface area contributed by atoms with Gasteiger partial charge in [0, 0.05) is 11.0 Å². The van der Waals surface area contributed by atoms with Gasteiger partial charge < -0.3 is 14.5 Å². The van der Waals surface area contributed by atoms with E-state index < -0.39 is 0 Å². The van der Waals surface area contributed by atoms with Crippen LogP contribution in [0.1, 0.15) is 13.3 Å². The maximum absolute atomic E-state index is 5.76. The molecule has 0 saturated heterocycles. The molecule has 0 aliphatic heterocycles. The smallest absolute Gasteiger partial charge is 0.120 e. The Balaban J connectivity index is 2.22. The third-order valence-electron chi connectivity index (χ3n) is 3.00. The molecule has 0 radical (unpaired) electrons. The summed E-state index contributed by atoms with van der Waals surface area (Å²) in [6.07, 6.45) is 1.21. The number of hydrogen-bond acceptors (Lipinski definition) is 3. The van der Waals surface area contributed by atoms with Gasteiger partial charge in [-0.05, 0) is 58.3 Å². The molecule has 1 rings (SSSR count). The van der Waals surface area contributed by atoms with Crippen LogP contribution in [0.5, 0.6) is 5.75 Å². The van der Waals surface area contributed by atoms with Crippen LogP contribution in [0.25, 0.3) is 0 Å². The van der Waals surface area contributed by atoms with Crippen LogP contribution in [-0.2, 0) is 0 Å². The largest absolute Gasteiger partial charge is 0.492 e. The number of likely N-dealkylation sites (N-methyl/N-ethyl adjacent to an activating group) is 1. The highest BCUT2D eigenvalue weighted by Gasteiger charge is 2.03. The Kier molecular flexibility index (Phi) is 8.10. The average Bonchev–Trinajstić information content (AvgIpc) is 2.36. The summed E-state index contributed by atoms with van der Waals surface area (Å²) in [6, 6.07) is 8.00. The topological polar surface area (TPSA) is 15.7 Å². The molecule has 0 amide bonds. The second-order valence-electron chi connectivity index (χ2n) is 4.90. The fraction of sp³-hybridized carbons (Fsp3) is 0.600. The lowest BCUT2D eigenvalue weighted by Gasteiger charge is -2.21. The summed E-state index contributed by atoms with van der Waals surface area (Å²) in [4.78, 5) is 4.66. The molecule has 0 unspecified atom stereocenters. The van der Waals surface area contributed by atoms with Crippen molar-refractivity contribution >= 4 is 15.9 Å². The fourth-order valence-electron chi connectivity index (χ4n) is 1.89. The first-order valence-electron chi connectivity index (χ1n) is 6.87. The summed E-state index contributed by atoms with van der Waals surface area (Å²) in [5.74, 6) is 0.929. The van der Waals surface area contributed by atoms with E-state index in [1.807, 2.05) is 24.3 Å². The Morgan fingerprint density at radius 3 is 2.58 bits per heavy atom. The van der Waals surface area contributed by atoms with Crippen LogP contribution in [0.3, 0.4) is 0 Å². The number of ether oxygens (including phenoxy) is 1. The minimum Gasteiger partial charge on any atom is -0.492 e. The summed E-state index contributed by atoms with van der Waals surface area (Å²) in [5, 5.41) is 0. The van der Waals surface area contributed by atoms with Crippen LogP contribution < -0.4 is 4.74 Å². The molecule has 0 spiro atoms. The summed E-state index contributed by atoms with van der Waals surface area (Å²) < 4.78 is 6.82. The molecule has 108 valence electrons. The van der Waals surface area contributed by atoms with E-state index >= 15 is 0 Å². The molecule has 0 aliphatic rings. The molecule has 0 N–H and O–H groups in total. The molecule has 1 aromatic rings. The van der Waals surface area contributed by atoms with Crippen molar-refractivity contribution in [2.45, 2.75) is 13.3 Å². The second-order valence-corrected chi connectivity index (χ2v) is 5.81. The van der Waals surface area contributed by atoms with Crippen molar-refractivity contribution < 1.29 is 4.74 Å². The van der Waals surface area contributed by atoms with Crippen LogP contribution >= 0.6 is 15.9 Å². The number of benzene rings is 1. The minimum atomic E-state index is 0.742. The Morgan fingerprint density at radius 2 is 1.95 bits per heavy atom. The first kappa shape index (κ1) is 16.5. The Morgan fingerprint density at radius 1 is 1.16 bits per heavy atom. The third-order valence-corrected chi connectivity index (χ3v) is 3.49. The number of nitrogens with zero attached hydrogens (tertiary/aromatic N) is 2. The second kappa shape index (κ2) is 9.34. The number of hydrogen-bond donors (Lipinski definition) is 0. The van der Waals surface area contributed by atoms with E-state index in [2.05, 4.69) is 46.7 Å². The van der Waals surface area contributed by atoms with Crippen molar-refractivity contribution in [1.29, 1.82) is 0 Å². The monoisotopic (exact) mass is 328 g/mol. The molecule has 19 heavy (non-hydrogen) atoms. The normalized spacial score (nSPS) is 11.3. The number of rotatable bonds is 9. The van der Waals surface area contributed by atoms with Crippen molar-refractivity contribution in [3.05, 3.63) is 28.7 Å². The van der Waals surface area contributed by atoms with E-state index in [9.17, 15) is 0 Å². The van der Waals surface area contributed by atoms with Crippen LogP contribution in [0.4, 0.5) is 0 Å². The quantitative estimate of drug-likeness (QED) is 0.692. The van der Waals surface area contributed by atoms with Crippen molar-refractivity contribution in [3.63, 3.8) is 0 Å². The van der Waals surface area contributed by atoms with E-state index in [4.69, 9.17) is 4.74 Å². The molecule has 0 bridgehead atoms. The van der Waals surface area contributed by atoms with Gasteiger partial charge in [-0.25, -0.2) is 0 Å². The molecular weight excluding hydrogens is 304 g/mol. The zero-order valence-corrected chi connectivity index (χ0v) is 13.8.